The highest BCUT2D eigenvalue weighted by molar-refractivity contribution is 6.30. The SMILES string of the molecule is CC[C@]1(C)C[C@@](CC[NH2+][C@@H](C)c2ccc(Cl)cc2)(CCC(C)C)CCO1. The molecule has 3 atom stereocenters. The van der Waals surface area contributed by atoms with E-state index in [1.54, 1.807) is 0 Å². The van der Waals surface area contributed by atoms with Gasteiger partial charge in [0.2, 0.25) is 0 Å². The standard InChI is InChI=1S/C23H38ClNO/c1-6-22(5)17-23(14-16-26-22,12-11-18(2)3)13-15-25-19(4)20-7-9-21(24)10-8-20/h7-10,18-19,25H,6,11-17H2,1-5H3/p+1/t19-,22+,23+/m0/s1. The number of halogens is 1. The zero-order valence-corrected chi connectivity index (χ0v) is 18.2. The molecular weight excluding hydrogens is 342 g/mol. The third-order valence-corrected chi connectivity index (χ3v) is 6.67. The largest absolute Gasteiger partial charge is 0.375 e. The van der Waals surface area contributed by atoms with E-state index >= 15 is 0 Å². The van der Waals surface area contributed by atoms with Crippen molar-refractivity contribution in [3.05, 3.63) is 34.9 Å². The van der Waals surface area contributed by atoms with Crippen LogP contribution in [0.15, 0.2) is 24.3 Å². The number of rotatable bonds is 9. The lowest BCUT2D eigenvalue weighted by atomic mass is 9.67. The van der Waals surface area contributed by atoms with Gasteiger partial charge in [0.25, 0.3) is 0 Å². The molecule has 1 heterocycles. The molecule has 1 aromatic rings. The summed E-state index contributed by atoms with van der Waals surface area (Å²) < 4.78 is 6.16. The average molecular weight is 381 g/mol. The summed E-state index contributed by atoms with van der Waals surface area (Å²) in [5.41, 5.74) is 1.87. The zero-order valence-electron chi connectivity index (χ0n) is 17.5. The molecule has 0 bridgehead atoms. The smallest absolute Gasteiger partial charge is 0.109 e. The second-order valence-electron chi connectivity index (χ2n) is 9.13. The fourth-order valence-electron chi connectivity index (χ4n) is 4.36. The first kappa shape index (κ1) is 21.7. The van der Waals surface area contributed by atoms with Gasteiger partial charge in [-0.2, -0.15) is 0 Å². The minimum absolute atomic E-state index is 0.0665. The molecule has 0 amide bonds. The first-order valence-corrected chi connectivity index (χ1v) is 10.9. The number of benzene rings is 1. The molecule has 0 spiro atoms. The van der Waals surface area contributed by atoms with Crippen molar-refractivity contribution >= 4 is 11.6 Å². The summed E-state index contributed by atoms with van der Waals surface area (Å²) in [7, 11) is 0. The van der Waals surface area contributed by atoms with E-state index in [-0.39, 0.29) is 5.60 Å². The number of nitrogens with two attached hydrogens (primary N) is 1. The van der Waals surface area contributed by atoms with E-state index in [1.807, 2.05) is 12.1 Å². The lowest BCUT2D eigenvalue weighted by Gasteiger charge is -2.46. The van der Waals surface area contributed by atoms with E-state index in [0.29, 0.717) is 11.5 Å². The van der Waals surface area contributed by atoms with E-state index in [0.717, 1.165) is 24.0 Å². The molecule has 1 aromatic carbocycles. The molecule has 1 aliphatic rings. The Balaban J connectivity index is 1.96. The molecule has 0 aliphatic carbocycles. The molecule has 1 aliphatic heterocycles. The Hall–Kier alpha value is -0.570. The minimum atomic E-state index is 0.0665. The van der Waals surface area contributed by atoms with Gasteiger partial charge in [0, 0.05) is 23.6 Å². The highest BCUT2D eigenvalue weighted by Gasteiger charge is 2.42. The fourth-order valence-corrected chi connectivity index (χ4v) is 4.49. The lowest BCUT2D eigenvalue weighted by Crippen LogP contribution is -2.85. The number of hydrogen-bond donors (Lipinski definition) is 1. The van der Waals surface area contributed by atoms with Crippen LogP contribution in [0.1, 0.15) is 84.7 Å². The molecule has 3 heteroatoms. The molecule has 26 heavy (non-hydrogen) atoms. The van der Waals surface area contributed by atoms with E-state index in [1.165, 1.54) is 44.2 Å². The first-order valence-electron chi connectivity index (χ1n) is 10.5. The van der Waals surface area contributed by atoms with Gasteiger partial charge in [0.15, 0.2) is 0 Å². The van der Waals surface area contributed by atoms with Crippen molar-refractivity contribution in [3.8, 4) is 0 Å². The fraction of sp³-hybridized carbons (Fsp3) is 0.739. The molecule has 148 valence electrons. The van der Waals surface area contributed by atoms with Crippen LogP contribution in [0.25, 0.3) is 0 Å². The van der Waals surface area contributed by atoms with Crippen LogP contribution >= 0.6 is 11.6 Å². The van der Waals surface area contributed by atoms with Crippen LogP contribution < -0.4 is 5.32 Å². The number of hydrogen-bond acceptors (Lipinski definition) is 1. The van der Waals surface area contributed by atoms with Crippen LogP contribution in [-0.2, 0) is 4.74 Å². The quantitative estimate of drug-likeness (QED) is 0.579. The number of ether oxygens (including phenoxy) is 1. The van der Waals surface area contributed by atoms with Crippen LogP contribution in [0.2, 0.25) is 5.02 Å². The summed E-state index contributed by atoms with van der Waals surface area (Å²) in [4.78, 5) is 0. The molecule has 0 unspecified atom stereocenters. The van der Waals surface area contributed by atoms with Crippen molar-refractivity contribution < 1.29 is 10.1 Å². The number of quaternary nitrogens is 1. The van der Waals surface area contributed by atoms with Crippen LogP contribution in [0.3, 0.4) is 0 Å². The predicted octanol–water partition coefficient (Wildman–Crippen LogP) is 5.76. The third kappa shape index (κ3) is 6.25. The van der Waals surface area contributed by atoms with E-state index in [4.69, 9.17) is 16.3 Å². The van der Waals surface area contributed by atoms with Crippen molar-refractivity contribution in [3.63, 3.8) is 0 Å². The summed E-state index contributed by atoms with van der Waals surface area (Å²) in [6.07, 6.45) is 7.50. The Kier molecular flexibility index (Phi) is 8.00. The molecule has 0 aromatic heterocycles. The Morgan fingerprint density at radius 3 is 2.46 bits per heavy atom. The van der Waals surface area contributed by atoms with Crippen LogP contribution in [-0.4, -0.2) is 18.8 Å². The Bertz CT molecular complexity index is 544. The van der Waals surface area contributed by atoms with Gasteiger partial charge in [0.1, 0.15) is 6.04 Å². The third-order valence-electron chi connectivity index (χ3n) is 6.42. The Morgan fingerprint density at radius 1 is 1.15 bits per heavy atom. The van der Waals surface area contributed by atoms with Gasteiger partial charge in [0.05, 0.1) is 12.1 Å². The topological polar surface area (TPSA) is 25.8 Å². The normalized spacial score (nSPS) is 27.7. The van der Waals surface area contributed by atoms with Crippen molar-refractivity contribution in [2.45, 2.75) is 84.8 Å². The van der Waals surface area contributed by atoms with E-state index in [2.05, 4.69) is 52.1 Å². The molecule has 0 radical (unpaired) electrons. The highest BCUT2D eigenvalue weighted by atomic mass is 35.5. The second-order valence-corrected chi connectivity index (χ2v) is 9.56. The monoisotopic (exact) mass is 380 g/mol. The van der Waals surface area contributed by atoms with E-state index in [9.17, 15) is 0 Å². The van der Waals surface area contributed by atoms with Crippen molar-refractivity contribution in [2.24, 2.45) is 11.3 Å². The summed E-state index contributed by atoms with van der Waals surface area (Å²) in [5.74, 6) is 0.777. The zero-order chi connectivity index (χ0) is 19.2. The molecule has 1 fully saturated rings. The summed E-state index contributed by atoms with van der Waals surface area (Å²) in [6, 6.07) is 8.78. The average Bonchev–Trinajstić information content (AvgIpc) is 2.61. The summed E-state index contributed by atoms with van der Waals surface area (Å²) in [6.45, 7) is 13.7. The van der Waals surface area contributed by atoms with Crippen LogP contribution in [0.4, 0.5) is 0 Å². The van der Waals surface area contributed by atoms with Gasteiger partial charge in [-0.3, -0.25) is 0 Å². The van der Waals surface area contributed by atoms with Crippen molar-refractivity contribution in [2.75, 3.05) is 13.2 Å². The van der Waals surface area contributed by atoms with Gasteiger partial charge < -0.3 is 10.1 Å². The predicted molar refractivity (Wildman–Crippen MR) is 112 cm³/mol. The highest BCUT2D eigenvalue weighted by Crippen LogP contribution is 2.46. The molecule has 2 nitrogen and oxygen atoms in total. The van der Waals surface area contributed by atoms with Crippen LogP contribution in [0.5, 0.6) is 0 Å². The van der Waals surface area contributed by atoms with Gasteiger partial charge in [-0.15, -0.1) is 0 Å². The lowest BCUT2D eigenvalue weighted by molar-refractivity contribution is -0.694. The van der Waals surface area contributed by atoms with Gasteiger partial charge in [-0.25, -0.2) is 0 Å². The maximum absolute atomic E-state index is 6.16. The summed E-state index contributed by atoms with van der Waals surface area (Å²) >= 11 is 6.02. The molecule has 0 saturated carbocycles. The van der Waals surface area contributed by atoms with Crippen molar-refractivity contribution in [1.82, 2.24) is 0 Å². The van der Waals surface area contributed by atoms with Gasteiger partial charge in [-0.1, -0.05) is 50.9 Å². The van der Waals surface area contributed by atoms with Gasteiger partial charge in [-0.05, 0) is 63.0 Å². The summed E-state index contributed by atoms with van der Waals surface area (Å²) in [5, 5.41) is 3.31. The van der Waals surface area contributed by atoms with Crippen molar-refractivity contribution in [1.29, 1.82) is 0 Å². The Labute approximate surface area is 166 Å². The Morgan fingerprint density at radius 2 is 1.85 bits per heavy atom. The van der Waals surface area contributed by atoms with Crippen LogP contribution in [0, 0.1) is 11.3 Å². The van der Waals surface area contributed by atoms with E-state index < -0.39 is 0 Å². The maximum atomic E-state index is 6.16. The minimum Gasteiger partial charge on any atom is -0.375 e. The molecular formula is C23H39ClNO+. The maximum Gasteiger partial charge on any atom is 0.109 e. The first-order chi connectivity index (χ1) is 12.3. The molecule has 1 saturated heterocycles. The second kappa shape index (κ2) is 9.57. The van der Waals surface area contributed by atoms with Gasteiger partial charge >= 0.3 is 0 Å². The molecule has 2 N–H and O–H groups in total. The molecule has 2 rings (SSSR count).